The summed E-state index contributed by atoms with van der Waals surface area (Å²) in [4.78, 5) is 10.1. The van der Waals surface area contributed by atoms with Crippen LogP contribution in [0.4, 0.5) is 5.69 Å². The third-order valence-corrected chi connectivity index (χ3v) is 5.96. The van der Waals surface area contributed by atoms with Crippen molar-refractivity contribution in [3.8, 4) is 0 Å². The number of benzene rings is 1. The van der Waals surface area contributed by atoms with Gasteiger partial charge >= 0.3 is 0 Å². The number of nitro groups is 1. The molecule has 1 fully saturated rings. The van der Waals surface area contributed by atoms with Gasteiger partial charge in [-0.1, -0.05) is 11.6 Å². The highest BCUT2D eigenvalue weighted by atomic mass is 35.5. The predicted octanol–water partition coefficient (Wildman–Crippen LogP) is 1.70. The van der Waals surface area contributed by atoms with Crippen LogP contribution in [0.1, 0.15) is 18.4 Å². The molecule has 1 saturated heterocycles. The van der Waals surface area contributed by atoms with E-state index in [2.05, 4.69) is 0 Å². The van der Waals surface area contributed by atoms with E-state index in [9.17, 15) is 23.6 Å². The Morgan fingerprint density at radius 1 is 1.52 bits per heavy atom. The quantitative estimate of drug-likeness (QED) is 0.667. The van der Waals surface area contributed by atoms with Gasteiger partial charge in [0.2, 0.25) is 10.0 Å². The molecule has 0 aromatic heterocycles. The SMILES string of the molecule is Cc1cc(Cl)c([N+](=O)[O-])cc1S(=O)(=O)N1CCC[C@@H]1CO. The van der Waals surface area contributed by atoms with Gasteiger partial charge < -0.3 is 5.11 Å². The average Bonchev–Trinajstić information content (AvgIpc) is 2.86. The van der Waals surface area contributed by atoms with Gasteiger partial charge in [0.05, 0.1) is 16.4 Å². The third kappa shape index (κ3) is 2.89. The van der Waals surface area contributed by atoms with Gasteiger partial charge in [-0.15, -0.1) is 0 Å². The van der Waals surface area contributed by atoms with Crippen molar-refractivity contribution in [2.75, 3.05) is 13.2 Å². The Balaban J connectivity index is 2.54. The lowest BCUT2D eigenvalue weighted by atomic mass is 10.2. The minimum Gasteiger partial charge on any atom is -0.395 e. The number of aliphatic hydroxyl groups is 1. The predicted molar refractivity (Wildman–Crippen MR) is 76.8 cm³/mol. The molecule has 0 spiro atoms. The van der Waals surface area contributed by atoms with Gasteiger partial charge in [-0.05, 0) is 31.4 Å². The number of hydrogen-bond acceptors (Lipinski definition) is 5. The van der Waals surface area contributed by atoms with E-state index in [0.717, 1.165) is 6.07 Å². The van der Waals surface area contributed by atoms with E-state index in [1.54, 1.807) is 0 Å². The first kappa shape index (κ1) is 16.2. The summed E-state index contributed by atoms with van der Waals surface area (Å²) in [6.45, 7) is 1.56. The second kappa shape index (κ2) is 5.88. The Bertz CT molecular complexity index is 676. The fraction of sp³-hybridized carbons (Fsp3) is 0.500. The average molecular weight is 335 g/mol. The molecular weight excluding hydrogens is 320 g/mol. The van der Waals surface area contributed by atoms with Gasteiger partial charge in [0.15, 0.2) is 0 Å². The maximum absolute atomic E-state index is 12.7. The fourth-order valence-corrected chi connectivity index (χ4v) is 4.69. The number of sulfonamides is 1. The Morgan fingerprint density at radius 3 is 2.76 bits per heavy atom. The second-order valence-corrected chi connectivity index (χ2v) is 7.19. The molecule has 0 unspecified atom stereocenters. The fourth-order valence-electron chi connectivity index (χ4n) is 2.49. The number of aryl methyl sites for hydroxylation is 1. The molecule has 1 aromatic carbocycles. The third-order valence-electron chi connectivity index (χ3n) is 3.56. The number of aliphatic hydroxyl groups excluding tert-OH is 1. The molecule has 1 N–H and O–H groups in total. The summed E-state index contributed by atoms with van der Waals surface area (Å²) >= 11 is 5.77. The summed E-state index contributed by atoms with van der Waals surface area (Å²) < 4.78 is 26.5. The van der Waals surface area contributed by atoms with Crippen LogP contribution in [0.2, 0.25) is 5.02 Å². The van der Waals surface area contributed by atoms with Crippen molar-refractivity contribution in [2.24, 2.45) is 0 Å². The van der Waals surface area contributed by atoms with E-state index in [0.29, 0.717) is 24.9 Å². The number of nitro benzene ring substituents is 1. The minimum absolute atomic E-state index is 0.100. The van der Waals surface area contributed by atoms with Crippen LogP contribution in [-0.4, -0.2) is 41.9 Å². The van der Waals surface area contributed by atoms with Crippen LogP contribution in [-0.2, 0) is 10.0 Å². The first-order valence-electron chi connectivity index (χ1n) is 6.36. The molecule has 0 amide bonds. The highest BCUT2D eigenvalue weighted by molar-refractivity contribution is 7.89. The molecule has 116 valence electrons. The molecule has 0 radical (unpaired) electrons. The molecule has 1 heterocycles. The number of nitrogens with zero attached hydrogens (tertiary/aromatic N) is 2. The van der Waals surface area contributed by atoms with Gasteiger partial charge in [-0.2, -0.15) is 4.31 Å². The molecule has 0 aliphatic carbocycles. The molecule has 1 atom stereocenters. The van der Waals surface area contributed by atoms with Crippen molar-refractivity contribution < 1.29 is 18.4 Å². The molecule has 1 aliphatic heterocycles. The van der Waals surface area contributed by atoms with E-state index >= 15 is 0 Å². The lowest BCUT2D eigenvalue weighted by molar-refractivity contribution is -0.384. The normalized spacial score (nSPS) is 19.9. The molecule has 9 heteroatoms. The lowest BCUT2D eigenvalue weighted by Crippen LogP contribution is -2.37. The van der Waals surface area contributed by atoms with Crippen LogP contribution in [0.5, 0.6) is 0 Å². The van der Waals surface area contributed by atoms with Crippen LogP contribution in [0, 0.1) is 17.0 Å². The second-order valence-electron chi connectivity index (χ2n) is 4.92. The highest BCUT2D eigenvalue weighted by Gasteiger charge is 2.36. The molecule has 7 nitrogen and oxygen atoms in total. The molecule has 1 aliphatic rings. The Labute approximate surface area is 127 Å². The number of hydrogen-bond donors (Lipinski definition) is 1. The van der Waals surface area contributed by atoms with E-state index in [1.165, 1.54) is 17.3 Å². The van der Waals surface area contributed by atoms with Crippen molar-refractivity contribution in [2.45, 2.75) is 30.7 Å². The summed E-state index contributed by atoms with van der Waals surface area (Å²) in [5.74, 6) is 0. The van der Waals surface area contributed by atoms with Crippen LogP contribution >= 0.6 is 11.6 Å². The highest BCUT2D eigenvalue weighted by Crippen LogP contribution is 2.33. The largest absolute Gasteiger partial charge is 0.395 e. The van der Waals surface area contributed by atoms with E-state index < -0.39 is 26.7 Å². The molecule has 1 aromatic rings. The summed E-state index contributed by atoms with van der Waals surface area (Å²) in [6.07, 6.45) is 1.23. The van der Waals surface area contributed by atoms with Crippen molar-refractivity contribution in [1.82, 2.24) is 4.31 Å². The van der Waals surface area contributed by atoms with Crippen molar-refractivity contribution in [1.29, 1.82) is 0 Å². The smallest absolute Gasteiger partial charge is 0.289 e. The molecule has 0 saturated carbocycles. The van der Waals surface area contributed by atoms with Crippen LogP contribution < -0.4 is 0 Å². The van der Waals surface area contributed by atoms with Gasteiger partial charge in [0, 0.05) is 18.7 Å². The maximum atomic E-state index is 12.7. The Morgan fingerprint density at radius 2 is 2.19 bits per heavy atom. The van der Waals surface area contributed by atoms with E-state index in [1.807, 2.05) is 0 Å². The van der Waals surface area contributed by atoms with Crippen LogP contribution in [0.25, 0.3) is 0 Å². The van der Waals surface area contributed by atoms with Crippen molar-refractivity contribution >= 4 is 27.3 Å². The summed E-state index contributed by atoms with van der Waals surface area (Å²) in [5, 5.41) is 20.1. The standard InChI is InChI=1S/C12H15ClN2O5S/c1-8-5-10(13)11(15(17)18)6-12(8)21(19,20)14-4-2-3-9(14)7-16/h5-6,9,16H,2-4,7H2,1H3/t9-/m1/s1. The zero-order valence-electron chi connectivity index (χ0n) is 11.3. The lowest BCUT2D eigenvalue weighted by Gasteiger charge is -2.23. The van der Waals surface area contributed by atoms with E-state index in [-0.39, 0.29) is 16.5 Å². The first-order chi connectivity index (χ1) is 9.78. The maximum Gasteiger partial charge on any atom is 0.289 e. The molecule has 0 bridgehead atoms. The van der Waals surface area contributed by atoms with Crippen LogP contribution in [0.15, 0.2) is 17.0 Å². The first-order valence-corrected chi connectivity index (χ1v) is 8.18. The van der Waals surface area contributed by atoms with Gasteiger partial charge in [0.25, 0.3) is 5.69 Å². The number of rotatable bonds is 4. The minimum atomic E-state index is -3.89. The summed E-state index contributed by atoms with van der Waals surface area (Å²) in [5.41, 5.74) is -0.102. The van der Waals surface area contributed by atoms with Crippen LogP contribution in [0.3, 0.4) is 0 Å². The van der Waals surface area contributed by atoms with Gasteiger partial charge in [-0.25, -0.2) is 8.42 Å². The summed E-state index contributed by atoms with van der Waals surface area (Å²) in [7, 11) is -3.89. The Kier molecular flexibility index (Phi) is 4.52. The van der Waals surface area contributed by atoms with Gasteiger partial charge in [0.1, 0.15) is 5.02 Å². The summed E-state index contributed by atoms with van der Waals surface area (Å²) in [6, 6.07) is 1.78. The molecule has 2 rings (SSSR count). The van der Waals surface area contributed by atoms with Crippen molar-refractivity contribution in [3.63, 3.8) is 0 Å². The zero-order valence-corrected chi connectivity index (χ0v) is 12.9. The molecular formula is C12H15ClN2O5S. The monoisotopic (exact) mass is 334 g/mol. The number of halogens is 1. The molecule has 21 heavy (non-hydrogen) atoms. The topological polar surface area (TPSA) is 101 Å². The Hall–Kier alpha value is -1.22. The zero-order chi connectivity index (χ0) is 15.8. The van der Waals surface area contributed by atoms with Crippen molar-refractivity contribution in [3.05, 3.63) is 32.8 Å². The van der Waals surface area contributed by atoms with E-state index in [4.69, 9.17) is 11.6 Å². The van der Waals surface area contributed by atoms with Gasteiger partial charge in [-0.3, -0.25) is 10.1 Å².